The lowest BCUT2D eigenvalue weighted by Crippen LogP contribution is -2.52. The molecule has 0 aliphatic carbocycles. The summed E-state index contributed by atoms with van der Waals surface area (Å²) in [7, 11) is 1.55. The molecule has 1 aliphatic heterocycles. The molecule has 1 saturated heterocycles. The predicted octanol–water partition coefficient (Wildman–Crippen LogP) is 3.94. The van der Waals surface area contributed by atoms with Crippen LogP contribution in [0.3, 0.4) is 0 Å². The van der Waals surface area contributed by atoms with Crippen molar-refractivity contribution in [3.05, 3.63) is 58.4 Å². The number of nitrogens with one attached hydrogen (secondary N) is 1. The van der Waals surface area contributed by atoms with Crippen molar-refractivity contribution in [1.82, 2.24) is 9.80 Å². The van der Waals surface area contributed by atoms with Crippen LogP contribution in [0, 0.1) is 12.7 Å². The van der Waals surface area contributed by atoms with Crippen LogP contribution in [0.4, 0.5) is 10.1 Å². The third-order valence-electron chi connectivity index (χ3n) is 5.42. The summed E-state index contributed by atoms with van der Waals surface area (Å²) in [4.78, 5) is 17.1. The number of halogens is 2. The van der Waals surface area contributed by atoms with E-state index in [2.05, 4.69) is 15.1 Å². The zero-order valence-electron chi connectivity index (χ0n) is 17.0. The van der Waals surface area contributed by atoms with Gasteiger partial charge in [0, 0.05) is 49.4 Å². The standard InChI is InChI=1S/C22H27ClFN3O2/c1-15-12-20(21(29-3)13-18(15)23)25-22(28)16(2)27-10-8-26(9-11-27)14-17-6-4-5-7-19(17)24/h4-7,12-13,16H,8-11,14H2,1-3H3,(H,25,28)/t16-/m0/s1. The van der Waals surface area contributed by atoms with Crippen LogP contribution in [-0.4, -0.2) is 55.0 Å². The van der Waals surface area contributed by atoms with Crippen LogP contribution >= 0.6 is 11.6 Å². The molecule has 2 aromatic carbocycles. The van der Waals surface area contributed by atoms with Crippen molar-refractivity contribution < 1.29 is 13.9 Å². The van der Waals surface area contributed by atoms with Crippen LogP contribution in [0.1, 0.15) is 18.1 Å². The molecule has 0 unspecified atom stereocenters. The highest BCUT2D eigenvalue weighted by molar-refractivity contribution is 6.31. The van der Waals surface area contributed by atoms with E-state index in [-0.39, 0.29) is 17.8 Å². The number of hydrogen-bond donors (Lipinski definition) is 1. The van der Waals surface area contributed by atoms with E-state index >= 15 is 0 Å². The minimum atomic E-state index is -0.286. The number of anilines is 1. The molecule has 1 atom stereocenters. The Balaban J connectivity index is 1.56. The first-order valence-corrected chi connectivity index (χ1v) is 10.1. The van der Waals surface area contributed by atoms with Gasteiger partial charge in [-0.05, 0) is 31.5 Å². The summed E-state index contributed by atoms with van der Waals surface area (Å²) in [5.41, 5.74) is 2.19. The number of methoxy groups -OCH3 is 1. The number of piperazine rings is 1. The van der Waals surface area contributed by atoms with Crippen molar-refractivity contribution in [2.75, 3.05) is 38.6 Å². The molecule has 0 bridgehead atoms. The Morgan fingerprint density at radius 1 is 1.24 bits per heavy atom. The zero-order chi connectivity index (χ0) is 21.0. The number of aryl methyl sites for hydroxylation is 1. The van der Waals surface area contributed by atoms with E-state index in [4.69, 9.17) is 16.3 Å². The number of rotatable bonds is 6. The number of nitrogens with zero attached hydrogens (tertiary/aromatic N) is 2. The second-order valence-corrected chi connectivity index (χ2v) is 7.78. The maximum atomic E-state index is 13.9. The van der Waals surface area contributed by atoms with Gasteiger partial charge in [0.1, 0.15) is 11.6 Å². The molecule has 1 fully saturated rings. The van der Waals surface area contributed by atoms with Crippen LogP contribution in [0.5, 0.6) is 5.75 Å². The first-order valence-electron chi connectivity index (χ1n) is 9.74. The van der Waals surface area contributed by atoms with Gasteiger partial charge in [-0.2, -0.15) is 0 Å². The molecule has 0 aromatic heterocycles. The molecular weight excluding hydrogens is 393 g/mol. The summed E-state index contributed by atoms with van der Waals surface area (Å²) < 4.78 is 19.2. The molecular formula is C22H27ClFN3O2. The van der Waals surface area contributed by atoms with E-state index in [1.165, 1.54) is 6.07 Å². The first kappa shape index (κ1) is 21.6. The van der Waals surface area contributed by atoms with Gasteiger partial charge in [-0.3, -0.25) is 14.6 Å². The quantitative estimate of drug-likeness (QED) is 0.770. The molecule has 1 amide bonds. The molecule has 7 heteroatoms. The molecule has 0 saturated carbocycles. The minimum absolute atomic E-state index is 0.0902. The minimum Gasteiger partial charge on any atom is -0.495 e. The van der Waals surface area contributed by atoms with Gasteiger partial charge in [0.2, 0.25) is 5.91 Å². The van der Waals surface area contributed by atoms with E-state index in [1.807, 2.05) is 32.0 Å². The second kappa shape index (κ2) is 9.57. The molecule has 29 heavy (non-hydrogen) atoms. The van der Waals surface area contributed by atoms with Crippen LogP contribution in [0.15, 0.2) is 36.4 Å². The number of carbonyl (C=O) groups is 1. The highest BCUT2D eigenvalue weighted by Gasteiger charge is 2.26. The SMILES string of the molecule is COc1cc(Cl)c(C)cc1NC(=O)[C@H](C)N1CCN(Cc2ccccc2F)CC1. The number of carbonyl (C=O) groups excluding carboxylic acids is 1. The third kappa shape index (κ3) is 5.26. The predicted molar refractivity (Wildman–Crippen MR) is 114 cm³/mol. The van der Waals surface area contributed by atoms with Crippen LogP contribution in [-0.2, 0) is 11.3 Å². The van der Waals surface area contributed by atoms with Crippen molar-refractivity contribution in [2.45, 2.75) is 26.4 Å². The van der Waals surface area contributed by atoms with Crippen molar-refractivity contribution >= 4 is 23.2 Å². The molecule has 1 heterocycles. The lowest BCUT2D eigenvalue weighted by atomic mass is 10.1. The van der Waals surface area contributed by atoms with Gasteiger partial charge in [0.15, 0.2) is 0 Å². The van der Waals surface area contributed by atoms with Gasteiger partial charge >= 0.3 is 0 Å². The molecule has 1 aliphatic rings. The van der Waals surface area contributed by atoms with E-state index in [1.54, 1.807) is 19.2 Å². The Kier molecular flexibility index (Phi) is 7.11. The third-order valence-corrected chi connectivity index (χ3v) is 5.83. The van der Waals surface area contributed by atoms with E-state index in [0.29, 0.717) is 28.6 Å². The van der Waals surface area contributed by atoms with E-state index in [0.717, 1.165) is 31.7 Å². The Bertz CT molecular complexity index is 869. The fraction of sp³-hybridized carbons (Fsp3) is 0.409. The van der Waals surface area contributed by atoms with Gasteiger partial charge in [-0.15, -0.1) is 0 Å². The average molecular weight is 420 g/mol. The van der Waals surface area contributed by atoms with E-state index < -0.39 is 0 Å². The van der Waals surface area contributed by atoms with Gasteiger partial charge in [-0.25, -0.2) is 4.39 Å². The summed E-state index contributed by atoms with van der Waals surface area (Å²) in [6.07, 6.45) is 0. The topological polar surface area (TPSA) is 44.8 Å². The highest BCUT2D eigenvalue weighted by atomic mass is 35.5. The van der Waals surface area contributed by atoms with Crippen molar-refractivity contribution in [3.8, 4) is 5.75 Å². The Morgan fingerprint density at radius 3 is 2.59 bits per heavy atom. The number of hydrogen-bond acceptors (Lipinski definition) is 4. The Labute approximate surface area is 176 Å². The second-order valence-electron chi connectivity index (χ2n) is 7.37. The van der Waals surface area contributed by atoms with Gasteiger partial charge in [0.25, 0.3) is 0 Å². The van der Waals surface area contributed by atoms with Crippen LogP contribution in [0.25, 0.3) is 0 Å². The fourth-order valence-electron chi connectivity index (χ4n) is 3.51. The fourth-order valence-corrected chi connectivity index (χ4v) is 3.66. The zero-order valence-corrected chi connectivity index (χ0v) is 17.8. The normalized spacial score (nSPS) is 16.4. The molecule has 0 spiro atoms. The first-order chi connectivity index (χ1) is 13.9. The smallest absolute Gasteiger partial charge is 0.241 e. The Hall–Kier alpha value is -2.15. The van der Waals surface area contributed by atoms with Crippen molar-refractivity contribution in [3.63, 3.8) is 0 Å². The maximum Gasteiger partial charge on any atom is 0.241 e. The molecule has 2 aromatic rings. The summed E-state index contributed by atoms with van der Waals surface area (Å²) in [5, 5.41) is 3.55. The lowest BCUT2D eigenvalue weighted by Gasteiger charge is -2.37. The molecule has 156 valence electrons. The number of benzene rings is 2. The summed E-state index contributed by atoms with van der Waals surface area (Å²) in [6.45, 7) is 7.44. The summed E-state index contributed by atoms with van der Waals surface area (Å²) in [5.74, 6) is 0.276. The highest BCUT2D eigenvalue weighted by Crippen LogP contribution is 2.31. The lowest BCUT2D eigenvalue weighted by molar-refractivity contribution is -0.121. The molecule has 3 rings (SSSR count). The molecule has 1 N–H and O–H groups in total. The summed E-state index contributed by atoms with van der Waals surface area (Å²) in [6, 6.07) is 10.1. The van der Waals surface area contributed by atoms with Gasteiger partial charge in [-0.1, -0.05) is 29.8 Å². The largest absolute Gasteiger partial charge is 0.495 e. The summed E-state index contributed by atoms with van der Waals surface area (Å²) >= 11 is 6.14. The number of amides is 1. The Morgan fingerprint density at radius 2 is 1.93 bits per heavy atom. The van der Waals surface area contributed by atoms with Crippen LogP contribution < -0.4 is 10.1 Å². The maximum absolute atomic E-state index is 13.9. The monoisotopic (exact) mass is 419 g/mol. The van der Waals surface area contributed by atoms with Crippen LogP contribution in [0.2, 0.25) is 5.02 Å². The van der Waals surface area contributed by atoms with Gasteiger partial charge < -0.3 is 10.1 Å². The number of ether oxygens (including phenoxy) is 1. The van der Waals surface area contributed by atoms with Gasteiger partial charge in [0.05, 0.1) is 18.8 Å². The van der Waals surface area contributed by atoms with Crippen molar-refractivity contribution in [1.29, 1.82) is 0 Å². The van der Waals surface area contributed by atoms with E-state index in [9.17, 15) is 9.18 Å². The molecule has 5 nitrogen and oxygen atoms in total. The van der Waals surface area contributed by atoms with Crippen molar-refractivity contribution in [2.24, 2.45) is 0 Å². The average Bonchev–Trinajstić information content (AvgIpc) is 2.72. The molecule has 0 radical (unpaired) electrons.